The average molecular weight is 424 g/mol. The molecule has 1 saturated heterocycles. The number of hydrogen-bond donors (Lipinski definition) is 1. The van der Waals surface area contributed by atoms with E-state index in [-0.39, 0.29) is 11.7 Å². The van der Waals surface area contributed by atoms with Crippen LogP contribution in [0, 0.1) is 0 Å². The fourth-order valence-electron chi connectivity index (χ4n) is 3.37. The van der Waals surface area contributed by atoms with E-state index in [9.17, 15) is 4.79 Å². The van der Waals surface area contributed by atoms with Crippen LogP contribution in [-0.2, 0) is 4.79 Å². The Morgan fingerprint density at radius 1 is 1.03 bits per heavy atom. The van der Waals surface area contributed by atoms with Gasteiger partial charge in [0.1, 0.15) is 0 Å². The lowest BCUT2D eigenvalue weighted by atomic mass is 10.2. The molecule has 2 aromatic carbocycles. The molecule has 156 valence electrons. The summed E-state index contributed by atoms with van der Waals surface area (Å²) in [6.07, 6.45) is 0. The summed E-state index contributed by atoms with van der Waals surface area (Å²) in [5.74, 6) is 0.551. The second kappa shape index (κ2) is 9.77. The molecule has 1 N–H and O–H groups in total. The van der Waals surface area contributed by atoms with E-state index < -0.39 is 0 Å². The van der Waals surface area contributed by atoms with Crippen molar-refractivity contribution in [2.45, 2.75) is 12.1 Å². The maximum atomic E-state index is 12.3. The van der Waals surface area contributed by atoms with Gasteiger partial charge in [-0.1, -0.05) is 36.9 Å². The van der Waals surface area contributed by atoms with E-state index in [1.165, 1.54) is 17.4 Å². The first kappa shape index (κ1) is 20.4. The Bertz CT molecular complexity index is 953. The van der Waals surface area contributed by atoms with E-state index in [0.717, 1.165) is 44.0 Å². The SMILES string of the molecule is CCN1CCN(c2ccc(NC(=O)CSc3nnc(-c4ccccc4)o3)cc2)CC1. The fraction of sp³-hybridized carbons (Fsp3) is 0.318. The lowest BCUT2D eigenvalue weighted by Crippen LogP contribution is -2.46. The van der Waals surface area contributed by atoms with Crippen molar-refractivity contribution in [1.29, 1.82) is 0 Å². The molecule has 0 atom stereocenters. The van der Waals surface area contributed by atoms with Crippen molar-refractivity contribution >= 4 is 29.0 Å². The molecular weight excluding hydrogens is 398 g/mol. The first-order valence-corrected chi connectivity index (χ1v) is 11.1. The minimum Gasteiger partial charge on any atom is -0.411 e. The molecule has 0 radical (unpaired) electrons. The Morgan fingerprint density at radius 2 is 1.77 bits per heavy atom. The van der Waals surface area contributed by atoms with Gasteiger partial charge in [0, 0.05) is 43.1 Å². The minimum atomic E-state index is -0.108. The quantitative estimate of drug-likeness (QED) is 0.582. The first-order chi connectivity index (χ1) is 14.7. The topological polar surface area (TPSA) is 74.5 Å². The maximum absolute atomic E-state index is 12.3. The van der Waals surface area contributed by atoms with E-state index >= 15 is 0 Å². The van der Waals surface area contributed by atoms with Gasteiger partial charge in [-0.05, 0) is 42.9 Å². The summed E-state index contributed by atoms with van der Waals surface area (Å²) in [7, 11) is 0. The number of anilines is 2. The molecule has 1 aromatic heterocycles. The molecule has 30 heavy (non-hydrogen) atoms. The molecule has 1 aliphatic heterocycles. The number of piperazine rings is 1. The van der Waals surface area contributed by atoms with Gasteiger partial charge in [-0.2, -0.15) is 0 Å². The molecule has 0 aliphatic carbocycles. The predicted molar refractivity (Wildman–Crippen MR) is 120 cm³/mol. The number of nitrogens with one attached hydrogen (secondary N) is 1. The molecule has 3 aromatic rings. The number of likely N-dealkylation sites (N-methyl/N-ethyl adjacent to an activating group) is 1. The van der Waals surface area contributed by atoms with E-state index in [0.29, 0.717) is 11.1 Å². The molecule has 7 nitrogen and oxygen atoms in total. The van der Waals surface area contributed by atoms with Crippen LogP contribution in [0.4, 0.5) is 11.4 Å². The Hall–Kier alpha value is -2.84. The van der Waals surface area contributed by atoms with Crippen LogP contribution < -0.4 is 10.2 Å². The van der Waals surface area contributed by atoms with E-state index in [2.05, 4.69) is 44.4 Å². The monoisotopic (exact) mass is 423 g/mol. The van der Waals surface area contributed by atoms with Crippen LogP contribution in [0.1, 0.15) is 6.92 Å². The zero-order valence-electron chi connectivity index (χ0n) is 17.0. The molecule has 0 unspecified atom stereocenters. The predicted octanol–water partition coefficient (Wildman–Crippen LogP) is 3.61. The summed E-state index contributed by atoms with van der Waals surface area (Å²) in [5.41, 5.74) is 2.84. The van der Waals surface area contributed by atoms with Crippen molar-refractivity contribution in [2.24, 2.45) is 0 Å². The van der Waals surface area contributed by atoms with Crippen LogP contribution in [0.15, 0.2) is 64.2 Å². The smallest absolute Gasteiger partial charge is 0.277 e. The zero-order chi connectivity index (χ0) is 20.8. The Morgan fingerprint density at radius 3 is 2.47 bits per heavy atom. The highest BCUT2D eigenvalue weighted by molar-refractivity contribution is 7.99. The summed E-state index contributed by atoms with van der Waals surface area (Å²) >= 11 is 1.23. The maximum Gasteiger partial charge on any atom is 0.277 e. The third-order valence-corrected chi connectivity index (χ3v) is 5.91. The summed E-state index contributed by atoms with van der Waals surface area (Å²) in [5, 5.41) is 11.3. The number of hydrogen-bond acceptors (Lipinski definition) is 7. The van der Waals surface area contributed by atoms with Crippen LogP contribution in [0.25, 0.3) is 11.5 Å². The lowest BCUT2D eigenvalue weighted by Gasteiger charge is -2.35. The van der Waals surface area contributed by atoms with Crippen molar-refractivity contribution in [1.82, 2.24) is 15.1 Å². The molecule has 0 bridgehead atoms. The van der Waals surface area contributed by atoms with Gasteiger partial charge in [-0.15, -0.1) is 10.2 Å². The summed E-state index contributed by atoms with van der Waals surface area (Å²) in [6.45, 7) is 7.55. The molecule has 1 aliphatic rings. The molecule has 0 saturated carbocycles. The molecule has 8 heteroatoms. The van der Waals surface area contributed by atoms with Crippen molar-refractivity contribution in [3.8, 4) is 11.5 Å². The number of carbonyl (C=O) groups is 1. The summed E-state index contributed by atoms with van der Waals surface area (Å²) < 4.78 is 5.62. The van der Waals surface area contributed by atoms with Crippen LogP contribution in [-0.4, -0.2) is 59.5 Å². The van der Waals surface area contributed by atoms with Crippen LogP contribution in [0.2, 0.25) is 0 Å². The molecule has 1 fully saturated rings. The number of amides is 1. The van der Waals surface area contributed by atoms with Crippen molar-refractivity contribution < 1.29 is 9.21 Å². The highest BCUT2D eigenvalue weighted by Crippen LogP contribution is 2.23. The molecule has 2 heterocycles. The van der Waals surface area contributed by atoms with Gasteiger partial charge in [0.2, 0.25) is 11.8 Å². The van der Waals surface area contributed by atoms with Crippen LogP contribution in [0.3, 0.4) is 0 Å². The number of thioether (sulfide) groups is 1. The summed E-state index contributed by atoms with van der Waals surface area (Å²) in [6, 6.07) is 17.6. The number of carbonyl (C=O) groups excluding carboxylic acids is 1. The highest BCUT2D eigenvalue weighted by atomic mass is 32.2. The fourth-order valence-corrected chi connectivity index (χ4v) is 3.93. The average Bonchev–Trinajstić information content (AvgIpc) is 3.28. The van der Waals surface area contributed by atoms with Gasteiger partial charge < -0.3 is 19.5 Å². The van der Waals surface area contributed by atoms with E-state index in [1.54, 1.807) is 0 Å². The lowest BCUT2D eigenvalue weighted by molar-refractivity contribution is -0.113. The Labute approximate surface area is 180 Å². The second-order valence-corrected chi connectivity index (χ2v) is 7.97. The van der Waals surface area contributed by atoms with E-state index in [1.807, 2.05) is 42.5 Å². The zero-order valence-corrected chi connectivity index (χ0v) is 17.8. The first-order valence-electron chi connectivity index (χ1n) is 10.1. The van der Waals surface area contributed by atoms with E-state index in [4.69, 9.17) is 4.42 Å². The highest BCUT2D eigenvalue weighted by Gasteiger charge is 2.16. The summed E-state index contributed by atoms with van der Waals surface area (Å²) in [4.78, 5) is 17.1. The normalized spacial score (nSPS) is 14.6. The second-order valence-electron chi connectivity index (χ2n) is 7.04. The van der Waals surface area contributed by atoms with Crippen molar-refractivity contribution in [3.05, 3.63) is 54.6 Å². The van der Waals surface area contributed by atoms with Crippen molar-refractivity contribution in [2.75, 3.05) is 48.7 Å². The third-order valence-electron chi connectivity index (χ3n) is 5.09. The molecule has 4 rings (SSSR count). The number of rotatable bonds is 7. The molecule has 1 amide bonds. The van der Waals surface area contributed by atoms with Crippen LogP contribution in [0.5, 0.6) is 0 Å². The number of benzene rings is 2. The standard InChI is InChI=1S/C22H25N5O2S/c1-2-26-12-14-27(15-13-26)19-10-8-18(9-11-19)23-20(28)16-30-22-25-24-21(29-22)17-6-4-3-5-7-17/h3-11H,2,12-16H2,1H3,(H,23,28). The van der Waals surface area contributed by atoms with Crippen molar-refractivity contribution in [3.63, 3.8) is 0 Å². The molecule has 0 spiro atoms. The van der Waals surface area contributed by atoms with Crippen LogP contribution >= 0.6 is 11.8 Å². The van der Waals surface area contributed by atoms with Gasteiger partial charge in [-0.3, -0.25) is 4.79 Å². The molecular formula is C22H25N5O2S. The number of aromatic nitrogens is 2. The number of nitrogens with zero attached hydrogens (tertiary/aromatic N) is 4. The Balaban J connectivity index is 1.26. The van der Waals surface area contributed by atoms with Gasteiger partial charge in [0.15, 0.2) is 0 Å². The van der Waals surface area contributed by atoms with Gasteiger partial charge in [-0.25, -0.2) is 0 Å². The van der Waals surface area contributed by atoms with Gasteiger partial charge in [0.25, 0.3) is 5.22 Å². The Kier molecular flexibility index (Phi) is 6.66. The largest absolute Gasteiger partial charge is 0.411 e. The third kappa shape index (κ3) is 5.20. The van der Waals surface area contributed by atoms with Gasteiger partial charge >= 0.3 is 0 Å². The minimum absolute atomic E-state index is 0.108. The van der Waals surface area contributed by atoms with Gasteiger partial charge in [0.05, 0.1) is 5.75 Å².